The van der Waals surface area contributed by atoms with Crippen molar-refractivity contribution in [1.82, 2.24) is 5.32 Å². The largest absolute Gasteiger partial charge is 0.454 e. The van der Waals surface area contributed by atoms with Crippen LogP contribution in [0.4, 0.5) is 0 Å². The van der Waals surface area contributed by atoms with Crippen LogP contribution in [-0.2, 0) is 0 Å². The molecule has 0 radical (unpaired) electrons. The number of ether oxygens (including phenoxy) is 2. The second-order valence-electron chi connectivity index (χ2n) is 4.86. The molecule has 3 N–H and O–H groups in total. The van der Waals surface area contributed by atoms with Crippen LogP contribution in [0, 0.1) is 0 Å². The zero-order valence-electron chi connectivity index (χ0n) is 10.6. The summed E-state index contributed by atoms with van der Waals surface area (Å²) in [5, 5.41) is 21.7. The summed E-state index contributed by atoms with van der Waals surface area (Å²) in [6, 6.07) is 5.71. The monoisotopic (exact) mass is 253 g/mol. The Labute approximate surface area is 106 Å². The fourth-order valence-electron chi connectivity index (χ4n) is 1.93. The maximum absolute atomic E-state index is 9.27. The smallest absolute Gasteiger partial charge is 0.231 e. The molecule has 0 amide bonds. The Morgan fingerprint density at radius 2 is 1.94 bits per heavy atom. The first-order valence-electron chi connectivity index (χ1n) is 5.97. The fraction of sp³-hybridized carbons (Fsp3) is 0.538. The molecule has 1 aromatic rings. The van der Waals surface area contributed by atoms with Crippen molar-refractivity contribution >= 4 is 0 Å². The minimum absolute atomic E-state index is 0.0104. The zero-order chi connectivity index (χ0) is 13.2. The van der Waals surface area contributed by atoms with E-state index < -0.39 is 5.54 Å². The molecule has 1 heterocycles. The highest BCUT2D eigenvalue weighted by molar-refractivity contribution is 5.45. The van der Waals surface area contributed by atoms with Crippen LogP contribution in [0.25, 0.3) is 0 Å². The maximum Gasteiger partial charge on any atom is 0.231 e. The van der Waals surface area contributed by atoms with Crippen molar-refractivity contribution < 1.29 is 19.7 Å². The summed E-state index contributed by atoms with van der Waals surface area (Å²) in [4.78, 5) is 0. The topological polar surface area (TPSA) is 71.0 Å². The molecule has 1 aliphatic rings. The van der Waals surface area contributed by atoms with Crippen molar-refractivity contribution in [3.8, 4) is 11.5 Å². The van der Waals surface area contributed by atoms with Gasteiger partial charge in [-0.2, -0.15) is 0 Å². The van der Waals surface area contributed by atoms with Crippen LogP contribution in [0.5, 0.6) is 11.5 Å². The molecule has 1 atom stereocenters. The van der Waals surface area contributed by atoms with Crippen LogP contribution in [0.1, 0.15) is 25.5 Å². The van der Waals surface area contributed by atoms with Gasteiger partial charge in [0.25, 0.3) is 0 Å². The van der Waals surface area contributed by atoms with E-state index in [1.165, 1.54) is 0 Å². The Balaban J connectivity index is 2.11. The van der Waals surface area contributed by atoms with Crippen LogP contribution < -0.4 is 14.8 Å². The highest BCUT2D eigenvalue weighted by atomic mass is 16.7. The Morgan fingerprint density at radius 1 is 1.28 bits per heavy atom. The summed E-state index contributed by atoms with van der Waals surface area (Å²) < 4.78 is 10.6. The number of rotatable bonds is 5. The van der Waals surface area contributed by atoms with E-state index >= 15 is 0 Å². The third kappa shape index (κ3) is 2.58. The zero-order valence-corrected chi connectivity index (χ0v) is 10.6. The molecule has 1 aromatic carbocycles. The molecule has 5 nitrogen and oxygen atoms in total. The highest BCUT2D eigenvalue weighted by Gasteiger charge is 2.25. The van der Waals surface area contributed by atoms with Crippen LogP contribution in [0.2, 0.25) is 0 Å². The summed E-state index contributed by atoms with van der Waals surface area (Å²) in [7, 11) is 0. The molecule has 0 aromatic heterocycles. The number of hydrogen-bond acceptors (Lipinski definition) is 5. The van der Waals surface area contributed by atoms with Gasteiger partial charge in [0.2, 0.25) is 6.79 Å². The maximum atomic E-state index is 9.27. The van der Waals surface area contributed by atoms with Gasteiger partial charge >= 0.3 is 0 Å². The third-order valence-corrected chi connectivity index (χ3v) is 3.16. The first kappa shape index (κ1) is 13.1. The van der Waals surface area contributed by atoms with E-state index in [9.17, 15) is 10.2 Å². The summed E-state index contributed by atoms with van der Waals surface area (Å²) in [6.45, 7) is 3.75. The van der Waals surface area contributed by atoms with E-state index in [2.05, 4.69) is 5.32 Å². The number of aliphatic hydroxyl groups excluding tert-OH is 2. The van der Waals surface area contributed by atoms with Gasteiger partial charge in [-0.1, -0.05) is 6.07 Å². The van der Waals surface area contributed by atoms with Crippen molar-refractivity contribution in [3.05, 3.63) is 23.8 Å². The minimum atomic E-state index is -0.699. The molecule has 0 aliphatic carbocycles. The standard InChI is InChI=1S/C13H19NO4/c1-9(14-13(2,6-15)7-16)10-3-4-11-12(5-10)18-8-17-11/h3-5,9,14-16H,6-8H2,1-2H3. The van der Waals surface area contributed by atoms with Crippen molar-refractivity contribution in [2.45, 2.75) is 25.4 Å². The van der Waals surface area contributed by atoms with Crippen molar-refractivity contribution in [2.24, 2.45) is 0 Å². The van der Waals surface area contributed by atoms with E-state index in [1.54, 1.807) is 6.92 Å². The van der Waals surface area contributed by atoms with E-state index in [0.717, 1.165) is 17.1 Å². The molecule has 1 unspecified atom stereocenters. The number of hydrogen-bond donors (Lipinski definition) is 3. The lowest BCUT2D eigenvalue weighted by Gasteiger charge is -2.30. The molecular formula is C13H19NO4. The second-order valence-corrected chi connectivity index (χ2v) is 4.86. The Bertz CT molecular complexity index is 417. The predicted octanol–water partition coefficient (Wildman–Crippen LogP) is 0.809. The molecule has 0 spiro atoms. The lowest BCUT2D eigenvalue weighted by molar-refractivity contribution is 0.0957. The van der Waals surface area contributed by atoms with Gasteiger partial charge in [0.15, 0.2) is 11.5 Å². The Kier molecular flexibility index (Phi) is 3.75. The van der Waals surface area contributed by atoms with Gasteiger partial charge in [-0.25, -0.2) is 0 Å². The highest BCUT2D eigenvalue weighted by Crippen LogP contribution is 2.34. The lowest BCUT2D eigenvalue weighted by Crippen LogP contribution is -2.49. The van der Waals surface area contributed by atoms with Gasteiger partial charge in [0.1, 0.15) is 0 Å². The Morgan fingerprint density at radius 3 is 2.61 bits per heavy atom. The van der Waals surface area contributed by atoms with E-state index in [0.29, 0.717) is 0 Å². The van der Waals surface area contributed by atoms with Crippen LogP contribution in [0.15, 0.2) is 18.2 Å². The van der Waals surface area contributed by atoms with Crippen LogP contribution in [0.3, 0.4) is 0 Å². The van der Waals surface area contributed by atoms with Gasteiger partial charge in [0.05, 0.1) is 18.8 Å². The normalized spacial score (nSPS) is 15.8. The van der Waals surface area contributed by atoms with Crippen LogP contribution in [-0.4, -0.2) is 35.8 Å². The molecule has 2 rings (SSSR count). The van der Waals surface area contributed by atoms with E-state index in [1.807, 2.05) is 25.1 Å². The molecular weight excluding hydrogens is 234 g/mol. The van der Waals surface area contributed by atoms with Crippen molar-refractivity contribution in [3.63, 3.8) is 0 Å². The molecule has 0 saturated heterocycles. The summed E-state index contributed by atoms with van der Waals surface area (Å²) in [5.74, 6) is 1.48. The molecule has 1 aliphatic heterocycles. The number of benzene rings is 1. The average Bonchev–Trinajstić information content (AvgIpc) is 2.85. The first-order valence-corrected chi connectivity index (χ1v) is 5.97. The van der Waals surface area contributed by atoms with Gasteiger partial charge in [-0.3, -0.25) is 0 Å². The van der Waals surface area contributed by atoms with Gasteiger partial charge in [0, 0.05) is 6.04 Å². The summed E-state index contributed by atoms with van der Waals surface area (Å²) in [5.41, 5.74) is 0.322. The minimum Gasteiger partial charge on any atom is -0.454 e. The summed E-state index contributed by atoms with van der Waals surface area (Å²) in [6.07, 6.45) is 0. The molecule has 100 valence electrons. The molecule has 18 heavy (non-hydrogen) atoms. The third-order valence-electron chi connectivity index (χ3n) is 3.16. The second kappa shape index (κ2) is 5.14. The van der Waals surface area contributed by atoms with Crippen LogP contribution >= 0.6 is 0 Å². The van der Waals surface area contributed by atoms with Gasteiger partial charge < -0.3 is 25.0 Å². The first-order chi connectivity index (χ1) is 8.58. The SMILES string of the molecule is CC(NC(C)(CO)CO)c1ccc2c(c1)OCO2. The number of fused-ring (bicyclic) bond motifs is 1. The van der Waals surface area contributed by atoms with Gasteiger partial charge in [-0.15, -0.1) is 0 Å². The molecule has 5 heteroatoms. The lowest BCUT2D eigenvalue weighted by atomic mass is 10.0. The van der Waals surface area contributed by atoms with Crippen molar-refractivity contribution in [2.75, 3.05) is 20.0 Å². The van der Waals surface area contributed by atoms with Gasteiger partial charge in [-0.05, 0) is 31.5 Å². The van der Waals surface area contributed by atoms with E-state index in [4.69, 9.17) is 9.47 Å². The number of nitrogens with one attached hydrogen (secondary N) is 1. The Hall–Kier alpha value is -1.30. The summed E-state index contributed by atoms with van der Waals surface area (Å²) >= 11 is 0. The quantitative estimate of drug-likeness (QED) is 0.724. The molecule has 0 bridgehead atoms. The van der Waals surface area contributed by atoms with E-state index in [-0.39, 0.29) is 26.0 Å². The number of aliphatic hydroxyl groups is 2. The average molecular weight is 253 g/mol. The molecule has 0 fully saturated rings. The predicted molar refractivity (Wildman–Crippen MR) is 66.7 cm³/mol. The molecule has 0 saturated carbocycles. The van der Waals surface area contributed by atoms with Crippen molar-refractivity contribution in [1.29, 1.82) is 0 Å². The fourth-order valence-corrected chi connectivity index (χ4v) is 1.93.